The van der Waals surface area contributed by atoms with Gasteiger partial charge in [-0.3, -0.25) is 9.78 Å². The van der Waals surface area contributed by atoms with Gasteiger partial charge in [0.15, 0.2) is 0 Å². The quantitative estimate of drug-likeness (QED) is 0.503. The Kier molecular flexibility index (Phi) is 5.94. The highest BCUT2D eigenvalue weighted by Gasteiger charge is 2.19. The van der Waals surface area contributed by atoms with Gasteiger partial charge in [-0.05, 0) is 61.6 Å². The molecule has 4 rings (SSSR count). The molecule has 0 saturated carbocycles. The molecule has 1 aromatic heterocycles. The van der Waals surface area contributed by atoms with Crippen molar-refractivity contribution in [3.05, 3.63) is 70.1 Å². The average Bonchev–Trinajstić information content (AvgIpc) is 2.97. The van der Waals surface area contributed by atoms with E-state index in [1.807, 2.05) is 55.5 Å². The van der Waals surface area contributed by atoms with Crippen LogP contribution in [0, 0.1) is 6.92 Å². The minimum atomic E-state index is -0.300. The summed E-state index contributed by atoms with van der Waals surface area (Å²) >= 11 is 0. The van der Waals surface area contributed by atoms with Crippen LogP contribution in [0.3, 0.4) is 0 Å². The summed E-state index contributed by atoms with van der Waals surface area (Å²) in [6, 6.07) is 15.3. The Bertz CT molecular complexity index is 1070. The van der Waals surface area contributed by atoms with Crippen LogP contribution in [0.5, 0.6) is 0 Å². The molecule has 1 aliphatic rings. The molecule has 0 unspecified atom stereocenters. The zero-order chi connectivity index (χ0) is 20.9. The molecule has 0 spiro atoms. The lowest BCUT2D eigenvalue weighted by atomic mass is 10.1. The fraction of sp³-hybridized carbons (Fsp3) is 0.318. The van der Waals surface area contributed by atoms with Gasteiger partial charge in [0.05, 0.1) is 11.7 Å². The highest BCUT2D eigenvalue weighted by Crippen LogP contribution is 2.15. The Hall–Kier alpha value is -3.39. The Morgan fingerprint density at radius 1 is 1.13 bits per heavy atom. The van der Waals surface area contributed by atoms with E-state index in [-0.39, 0.29) is 17.6 Å². The predicted molar refractivity (Wildman–Crippen MR) is 116 cm³/mol. The Morgan fingerprint density at radius 3 is 2.77 bits per heavy atom. The first-order chi connectivity index (χ1) is 14.6. The van der Waals surface area contributed by atoms with E-state index >= 15 is 0 Å². The Morgan fingerprint density at radius 2 is 1.97 bits per heavy atom. The van der Waals surface area contributed by atoms with Gasteiger partial charge in [0.1, 0.15) is 0 Å². The van der Waals surface area contributed by atoms with E-state index < -0.39 is 0 Å². The summed E-state index contributed by atoms with van der Waals surface area (Å²) in [5.41, 5.74) is 3.37. The number of H-pyrrole nitrogens is 1. The number of aromatic nitrogens is 3. The second-order valence-corrected chi connectivity index (χ2v) is 7.57. The highest BCUT2D eigenvalue weighted by molar-refractivity contribution is 5.81. The first-order valence-electron chi connectivity index (χ1n) is 10.2. The number of anilines is 2. The van der Waals surface area contributed by atoms with Crippen LogP contribution in [0.4, 0.5) is 11.6 Å². The lowest BCUT2D eigenvalue weighted by Crippen LogP contribution is -2.42. The first-order valence-corrected chi connectivity index (χ1v) is 10.2. The number of carbonyl (C=O) groups is 1. The molecule has 1 atom stereocenters. The van der Waals surface area contributed by atoms with Gasteiger partial charge in [-0.15, -0.1) is 5.10 Å². The molecule has 30 heavy (non-hydrogen) atoms. The van der Waals surface area contributed by atoms with Crippen LogP contribution in [0.25, 0.3) is 5.69 Å². The number of aromatic amines is 1. The lowest BCUT2D eigenvalue weighted by molar-refractivity contribution is -0.122. The molecule has 1 aliphatic heterocycles. The molecule has 2 heterocycles. The van der Waals surface area contributed by atoms with Crippen LogP contribution in [0.15, 0.2) is 53.3 Å². The normalized spacial score (nSPS) is 16.7. The second-order valence-electron chi connectivity index (χ2n) is 7.57. The van der Waals surface area contributed by atoms with Crippen molar-refractivity contribution in [2.75, 3.05) is 11.9 Å². The van der Waals surface area contributed by atoms with Crippen molar-refractivity contribution in [3.8, 4) is 5.69 Å². The summed E-state index contributed by atoms with van der Waals surface area (Å²) < 4.78 is 1.34. The number of aryl methyl sites for hydroxylation is 1. The van der Waals surface area contributed by atoms with E-state index in [2.05, 4.69) is 26.0 Å². The van der Waals surface area contributed by atoms with Crippen molar-refractivity contribution < 1.29 is 4.79 Å². The number of nitrogens with zero attached hydrogens (tertiary/aromatic N) is 2. The Balaban J connectivity index is 1.38. The van der Waals surface area contributed by atoms with Gasteiger partial charge < -0.3 is 16.0 Å². The second kappa shape index (κ2) is 8.96. The summed E-state index contributed by atoms with van der Waals surface area (Å²) in [6.45, 7) is 3.36. The minimum absolute atomic E-state index is 0.0823. The number of amides is 1. The Labute approximate surface area is 174 Å². The smallest absolute Gasteiger partial charge is 0.349 e. The molecule has 0 radical (unpaired) electrons. The molecule has 0 bridgehead atoms. The first kappa shape index (κ1) is 19.9. The van der Waals surface area contributed by atoms with Crippen LogP contribution in [0.1, 0.15) is 30.4 Å². The monoisotopic (exact) mass is 406 g/mol. The molecule has 2 aromatic carbocycles. The number of carbonyl (C=O) groups excluding carboxylic acids is 1. The lowest BCUT2D eigenvalue weighted by Gasteiger charge is -2.15. The topological polar surface area (TPSA) is 104 Å². The zero-order valence-corrected chi connectivity index (χ0v) is 16.9. The van der Waals surface area contributed by atoms with Crippen molar-refractivity contribution in [1.29, 1.82) is 0 Å². The van der Waals surface area contributed by atoms with Gasteiger partial charge in [-0.25, -0.2) is 4.79 Å². The van der Waals surface area contributed by atoms with E-state index in [1.54, 1.807) is 0 Å². The van der Waals surface area contributed by atoms with E-state index in [0.717, 1.165) is 42.6 Å². The maximum atomic E-state index is 12.2. The van der Waals surface area contributed by atoms with Crippen molar-refractivity contribution in [2.45, 2.75) is 38.8 Å². The van der Waals surface area contributed by atoms with Crippen LogP contribution in [0.2, 0.25) is 0 Å². The molecule has 0 aliphatic carbocycles. The van der Waals surface area contributed by atoms with Gasteiger partial charge in [0.2, 0.25) is 11.9 Å². The summed E-state index contributed by atoms with van der Waals surface area (Å²) in [6.07, 6.45) is 2.95. The number of hydrogen-bond acceptors (Lipinski definition) is 5. The summed E-state index contributed by atoms with van der Waals surface area (Å²) in [5.74, 6) is 0.460. The highest BCUT2D eigenvalue weighted by atomic mass is 16.2. The molecular weight excluding hydrogens is 380 g/mol. The molecule has 8 heteroatoms. The number of rotatable bonds is 6. The van der Waals surface area contributed by atoms with E-state index in [1.165, 1.54) is 4.68 Å². The van der Waals surface area contributed by atoms with Gasteiger partial charge >= 0.3 is 5.69 Å². The van der Waals surface area contributed by atoms with Crippen molar-refractivity contribution in [1.82, 2.24) is 25.4 Å². The van der Waals surface area contributed by atoms with Crippen LogP contribution in [-0.2, 0) is 11.3 Å². The molecule has 4 N–H and O–H groups in total. The molecule has 1 saturated heterocycles. The van der Waals surface area contributed by atoms with Crippen molar-refractivity contribution in [3.63, 3.8) is 0 Å². The third-order valence-corrected chi connectivity index (χ3v) is 5.17. The molecular formula is C22H26N6O2. The van der Waals surface area contributed by atoms with Crippen LogP contribution in [-0.4, -0.2) is 33.3 Å². The minimum Gasteiger partial charge on any atom is -0.355 e. The number of hydrogen-bond donors (Lipinski definition) is 4. The SMILES string of the molecule is Cc1cccc(-n2nc(Nc3ccc(CN[C@H]4CCCCNC4=O)cc3)[nH]c2=O)c1. The maximum absolute atomic E-state index is 12.2. The van der Waals surface area contributed by atoms with Crippen molar-refractivity contribution >= 4 is 17.5 Å². The standard InChI is InChI=1S/C22H26N6O2/c1-15-5-4-6-18(13-15)28-22(30)26-21(27-28)25-17-10-8-16(9-11-17)14-24-19-7-2-3-12-23-20(19)29/h4-6,8-11,13,19,24H,2-3,7,12,14H2,1H3,(H,23,29)(H2,25,26,27,30)/t19-/m0/s1. The fourth-order valence-electron chi connectivity index (χ4n) is 3.53. The van der Waals surface area contributed by atoms with E-state index in [9.17, 15) is 9.59 Å². The van der Waals surface area contributed by atoms with Crippen LogP contribution < -0.4 is 21.6 Å². The van der Waals surface area contributed by atoms with Gasteiger partial charge in [0.25, 0.3) is 0 Å². The summed E-state index contributed by atoms with van der Waals surface area (Å²) in [4.78, 5) is 27.0. The largest absolute Gasteiger partial charge is 0.355 e. The summed E-state index contributed by atoms with van der Waals surface area (Å²) in [5, 5.41) is 13.7. The fourth-order valence-corrected chi connectivity index (χ4v) is 3.53. The van der Waals surface area contributed by atoms with Gasteiger partial charge in [0, 0.05) is 18.8 Å². The number of nitrogens with one attached hydrogen (secondary N) is 4. The van der Waals surface area contributed by atoms with Crippen molar-refractivity contribution in [2.24, 2.45) is 0 Å². The van der Waals surface area contributed by atoms with Gasteiger partial charge in [-0.1, -0.05) is 24.3 Å². The zero-order valence-electron chi connectivity index (χ0n) is 16.9. The van der Waals surface area contributed by atoms with E-state index in [0.29, 0.717) is 18.2 Å². The predicted octanol–water partition coefficient (Wildman–Crippen LogP) is 2.37. The molecule has 156 valence electrons. The molecule has 1 fully saturated rings. The molecule has 8 nitrogen and oxygen atoms in total. The summed E-state index contributed by atoms with van der Waals surface area (Å²) in [7, 11) is 0. The third kappa shape index (κ3) is 4.77. The van der Waals surface area contributed by atoms with Crippen LogP contribution >= 0.6 is 0 Å². The molecule has 1 amide bonds. The van der Waals surface area contributed by atoms with Gasteiger partial charge in [-0.2, -0.15) is 4.68 Å². The maximum Gasteiger partial charge on any atom is 0.349 e. The average molecular weight is 406 g/mol. The molecule has 3 aromatic rings. The third-order valence-electron chi connectivity index (χ3n) is 5.17. The number of benzene rings is 2. The van der Waals surface area contributed by atoms with E-state index in [4.69, 9.17) is 0 Å².